The van der Waals surface area contributed by atoms with Crippen molar-refractivity contribution in [2.75, 3.05) is 6.54 Å². The van der Waals surface area contributed by atoms with Crippen LogP contribution in [0.15, 0.2) is 0 Å². The number of carbonyl (C=O) groups is 1. The van der Waals surface area contributed by atoms with Crippen molar-refractivity contribution < 1.29 is 43.8 Å². The SMILES string of the molecule is CC1CC1(CC(C)(C)C)C(=O)NCCCC(S(=O)C(F)(F)F)S(=O)(=O)C(F)(F)F. The fourth-order valence-electron chi connectivity index (χ4n) is 3.40. The molecular weight excluding hydrogens is 448 g/mol. The summed E-state index contributed by atoms with van der Waals surface area (Å²) in [5, 5.41) is 2.47. The molecule has 1 aliphatic carbocycles. The Bertz CT molecular complexity index is 742. The van der Waals surface area contributed by atoms with Crippen LogP contribution in [0.25, 0.3) is 0 Å². The second-order valence-corrected chi connectivity index (χ2v) is 12.6. The average molecular weight is 474 g/mol. The Kier molecular flexibility index (Phi) is 7.54. The van der Waals surface area contributed by atoms with Gasteiger partial charge in [-0.05, 0) is 37.0 Å². The van der Waals surface area contributed by atoms with E-state index >= 15 is 0 Å². The lowest BCUT2D eigenvalue weighted by Crippen LogP contribution is -2.42. The third-order valence-electron chi connectivity index (χ3n) is 4.79. The van der Waals surface area contributed by atoms with Crippen LogP contribution in [0.2, 0.25) is 0 Å². The maximum absolute atomic E-state index is 12.7. The maximum Gasteiger partial charge on any atom is 0.498 e. The van der Waals surface area contributed by atoms with E-state index < -0.39 is 54.5 Å². The molecule has 1 amide bonds. The molecule has 1 saturated carbocycles. The monoisotopic (exact) mass is 473 g/mol. The van der Waals surface area contributed by atoms with E-state index in [2.05, 4.69) is 5.32 Å². The highest BCUT2D eigenvalue weighted by molar-refractivity contribution is 8.07. The van der Waals surface area contributed by atoms with Gasteiger partial charge in [0.25, 0.3) is 9.84 Å². The number of halogens is 6. The Morgan fingerprint density at radius 2 is 1.66 bits per heavy atom. The van der Waals surface area contributed by atoms with E-state index in [-0.39, 0.29) is 23.8 Å². The minimum absolute atomic E-state index is 0.0813. The van der Waals surface area contributed by atoms with Crippen LogP contribution in [-0.4, -0.2) is 40.7 Å². The molecule has 0 heterocycles. The number of amides is 1. The van der Waals surface area contributed by atoms with Crippen LogP contribution in [0.1, 0.15) is 53.4 Å². The predicted molar refractivity (Wildman–Crippen MR) is 95.5 cm³/mol. The molecular formula is C16H25F6NO4S2. The molecule has 0 saturated heterocycles. The van der Waals surface area contributed by atoms with Gasteiger partial charge >= 0.3 is 11.0 Å². The highest BCUT2D eigenvalue weighted by Crippen LogP contribution is 2.58. The van der Waals surface area contributed by atoms with Crippen LogP contribution in [0.5, 0.6) is 0 Å². The Morgan fingerprint density at radius 3 is 2.00 bits per heavy atom. The summed E-state index contributed by atoms with van der Waals surface area (Å²) in [7, 11) is -10.6. The summed E-state index contributed by atoms with van der Waals surface area (Å²) in [5.74, 6) is -0.287. The molecule has 13 heteroatoms. The fraction of sp³-hybridized carbons (Fsp3) is 0.938. The summed E-state index contributed by atoms with van der Waals surface area (Å²) in [4.78, 5) is 12.5. The van der Waals surface area contributed by atoms with Gasteiger partial charge in [-0.25, -0.2) is 12.6 Å². The second-order valence-electron chi connectivity index (χ2n) is 8.56. The van der Waals surface area contributed by atoms with Gasteiger partial charge in [0.15, 0.2) is 4.58 Å². The Labute approximate surface area is 168 Å². The minimum Gasteiger partial charge on any atom is -0.356 e. The molecule has 0 aliphatic heterocycles. The van der Waals surface area contributed by atoms with Crippen molar-refractivity contribution in [2.45, 2.75) is 69.0 Å². The number of rotatable bonds is 8. The first kappa shape index (κ1) is 26.2. The third-order valence-corrected chi connectivity index (χ3v) is 8.82. The molecule has 172 valence electrons. The molecule has 0 aromatic heterocycles. The molecule has 0 bridgehead atoms. The number of hydrogen-bond acceptors (Lipinski definition) is 4. The summed E-state index contributed by atoms with van der Waals surface area (Å²) in [6.45, 7) is 7.35. The van der Waals surface area contributed by atoms with Gasteiger partial charge in [-0.15, -0.1) is 0 Å². The molecule has 0 radical (unpaired) electrons. The van der Waals surface area contributed by atoms with Crippen molar-refractivity contribution in [3.63, 3.8) is 0 Å². The normalized spacial score (nSPS) is 25.4. The van der Waals surface area contributed by atoms with Crippen LogP contribution in [0.3, 0.4) is 0 Å². The summed E-state index contributed by atoms with van der Waals surface area (Å²) < 4.78 is 107. The molecule has 1 rings (SSSR count). The summed E-state index contributed by atoms with van der Waals surface area (Å²) in [6.07, 6.45) is -0.501. The molecule has 0 aromatic rings. The first-order chi connectivity index (χ1) is 12.8. The van der Waals surface area contributed by atoms with E-state index in [0.717, 1.165) is 0 Å². The van der Waals surface area contributed by atoms with Crippen LogP contribution in [0.4, 0.5) is 26.3 Å². The lowest BCUT2D eigenvalue weighted by Gasteiger charge is -2.26. The van der Waals surface area contributed by atoms with E-state index in [0.29, 0.717) is 12.8 Å². The van der Waals surface area contributed by atoms with E-state index in [4.69, 9.17) is 0 Å². The van der Waals surface area contributed by atoms with Crippen LogP contribution in [-0.2, 0) is 25.4 Å². The zero-order valence-electron chi connectivity index (χ0n) is 16.4. The number of sulfone groups is 1. The quantitative estimate of drug-likeness (QED) is 0.429. The number of alkyl halides is 6. The molecule has 1 aliphatic rings. The van der Waals surface area contributed by atoms with E-state index in [1.807, 2.05) is 27.7 Å². The standard InChI is InChI=1S/C16H25F6NO4S2/c1-10-8-14(10,9-13(2,3)4)12(24)23-7-5-6-11(28(25)15(17,18)19)29(26,27)16(20,21)22/h10-11H,5-9H2,1-4H3,(H,23,24). The van der Waals surface area contributed by atoms with E-state index in [1.165, 1.54) is 0 Å². The molecule has 0 spiro atoms. The number of hydrogen-bond donors (Lipinski definition) is 1. The van der Waals surface area contributed by atoms with Gasteiger partial charge in [0, 0.05) is 6.54 Å². The fourth-order valence-corrected chi connectivity index (χ4v) is 6.43. The first-order valence-corrected chi connectivity index (χ1v) is 11.6. The third kappa shape index (κ3) is 6.31. The highest BCUT2D eigenvalue weighted by atomic mass is 32.3. The van der Waals surface area contributed by atoms with Gasteiger partial charge in [-0.3, -0.25) is 4.79 Å². The molecule has 5 nitrogen and oxygen atoms in total. The van der Waals surface area contributed by atoms with Crippen molar-refractivity contribution in [1.29, 1.82) is 0 Å². The lowest BCUT2D eigenvalue weighted by molar-refractivity contribution is -0.128. The molecule has 4 unspecified atom stereocenters. The summed E-state index contributed by atoms with van der Waals surface area (Å²) >= 11 is 0. The van der Waals surface area contributed by atoms with Crippen molar-refractivity contribution >= 4 is 26.5 Å². The van der Waals surface area contributed by atoms with Crippen molar-refractivity contribution in [1.82, 2.24) is 5.32 Å². The number of carbonyl (C=O) groups excluding carboxylic acids is 1. The van der Waals surface area contributed by atoms with Gasteiger partial charge in [-0.2, -0.15) is 26.3 Å². The topological polar surface area (TPSA) is 80.3 Å². The summed E-state index contributed by atoms with van der Waals surface area (Å²) in [5.41, 5.74) is -12.4. The molecule has 0 aromatic carbocycles. The maximum atomic E-state index is 12.7. The van der Waals surface area contributed by atoms with Crippen molar-refractivity contribution in [3.8, 4) is 0 Å². The minimum atomic E-state index is -6.30. The lowest BCUT2D eigenvalue weighted by atomic mass is 9.81. The first-order valence-electron chi connectivity index (χ1n) is 8.81. The Hall–Kier alpha value is -0.850. The van der Waals surface area contributed by atoms with Crippen LogP contribution in [0, 0.1) is 16.7 Å². The zero-order chi connectivity index (χ0) is 23.1. The largest absolute Gasteiger partial charge is 0.498 e. The molecule has 1 N–H and O–H groups in total. The van der Waals surface area contributed by atoms with Crippen molar-refractivity contribution in [3.05, 3.63) is 0 Å². The van der Waals surface area contributed by atoms with Gasteiger partial charge in [0.05, 0.1) is 5.41 Å². The van der Waals surface area contributed by atoms with Gasteiger partial charge in [0.2, 0.25) is 5.91 Å². The average Bonchev–Trinajstić information content (AvgIpc) is 3.12. The molecule has 1 fully saturated rings. The van der Waals surface area contributed by atoms with Crippen molar-refractivity contribution in [2.24, 2.45) is 16.7 Å². The number of nitrogens with one attached hydrogen (secondary N) is 1. The zero-order valence-corrected chi connectivity index (χ0v) is 18.0. The second kappa shape index (κ2) is 8.35. The Morgan fingerprint density at radius 1 is 1.17 bits per heavy atom. The van der Waals surface area contributed by atoms with Gasteiger partial charge < -0.3 is 5.32 Å². The smallest absolute Gasteiger partial charge is 0.356 e. The molecule has 29 heavy (non-hydrogen) atoms. The van der Waals surface area contributed by atoms with Crippen LogP contribution >= 0.6 is 0 Å². The van der Waals surface area contributed by atoms with E-state index in [9.17, 15) is 43.8 Å². The Balaban J connectivity index is 2.80. The van der Waals surface area contributed by atoms with Gasteiger partial charge in [-0.1, -0.05) is 27.7 Å². The van der Waals surface area contributed by atoms with Gasteiger partial charge in [0.1, 0.15) is 10.8 Å². The summed E-state index contributed by atoms with van der Waals surface area (Å²) in [6, 6.07) is 0. The van der Waals surface area contributed by atoms with Crippen LogP contribution < -0.4 is 5.32 Å². The molecule has 4 atom stereocenters. The predicted octanol–water partition coefficient (Wildman–Crippen LogP) is 3.87. The highest BCUT2D eigenvalue weighted by Gasteiger charge is 2.59. The van der Waals surface area contributed by atoms with E-state index in [1.54, 1.807) is 0 Å².